The van der Waals surface area contributed by atoms with Crippen LogP contribution in [0.3, 0.4) is 0 Å². The van der Waals surface area contributed by atoms with E-state index in [1.165, 1.54) is 11.3 Å². The monoisotopic (exact) mass is 279 g/mol. The average Bonchev–Trinajstić information content (AvgIpc) is 2.86. The zero-order chi connectivity index (χ0) is 15.0. The van der Waals surface area contributed by atoms with Gasteiger partial charge in [-0.2, -0.15) is 0 Å². The average molecular weight is 279 g/mol. The molecule has 3 nitrogen and oxygen atoms in total. The molecule has 0 bridgehead atoms. The maximum absolute atomic E-state index is 5.89. The van der Waals surface area contributed by atoms with Crippen LogP contribution in [0.15, 0.2) is 42.5 Å². The molecule has 2 N–H and O–H groups in total. The van der Waals surface area contributed by atoms with Gasteiger partial charge in [0, 0.05) is 17.3 Å². The maximum atomic E-state index is 5.89. The number of nitrogens with zero attached hydrogens (tertiary/aromatic N) is 2. The van der Waals surface area contributed by atoms with Gasteiger partial charge >= 0.3 is 0 Å². The lowest BCUT2D eigenvalue weighted by Gasteiger charge is -2.12. The highest BCUT2D eigenvalue weighted by Crippen LogP contribution is 2.27. The zero-order valence-corrected chi connectivity index (χ0v) is 12.8. The second-order valence-corrected chi connectivity index (χ2v) is 5.73. The van der Waals surface area contributed by atoms with E-state index >= 15 is 0 Å². The number of aromatic nitrogens is 2. The van der Waals surface area contributed by atoms with Crippen LogP contribution in [0.2, 0.25) is 0 Å². The molecule has 3 rings (SSSR count). The smallest absolute Gasteiger partial charge is 0.117 e. The van der Waals surface area contributed by atoms with Crippen molar-refractivity contribution in [2.45, 2.75) is 33.1 Å². The first-order valence-electron chi connectivity index (χ1n) is 7.47. The van der Waals surface area contributed by atoms with Crippen LogP contribution in [0.5, 0.6) is 0 Å². The highest BCUT2D eigenvalue weighted by molar-refractivity contribution is 5.81. The van der Waals surface area contributed by atoms with Gasteiger partial charge in [0.05, 0.1) is 11.0 Å². The molecule has 3 heteroatoms. The third-order valence-corrected chi connectivity index (χ3v) is 3.80. The van der Waals surface area contributed by atoms with Crippen molar-refractivity contribution >= 4 is 16.7 Å². The normalized spacial score (nSPS) is 11.4. The van der Waals surface area contributed by atoms with Gasteiger partial charge in [0.15, 0.2) is 0 Å². The van der Waals surface area contributed by atoms with Crippen molar-refractivity contribution in [3.63, 3.8) is 0 Å². The molecular formula is C18H21N3. The minimum absolute atomic E-state index is 0.351. The zero-order valence-electron chi connectivity index (χ0n) is 12.8. The predicted molar refractivity (Wildman–Crippen MR) is 88.9 cm³/mol. The van der Waals surface area contributed by atoms with Crippen molar-refractivity contribution in [1.82, 2.24) is 9.55 Å². The Morgan fingerprint density at radius 3 is 2.67 bits per heavy atom. The van der Waals surface area contributed by atoms with Crippen LogP contribution in [-0.4, -0.2) is 9.55 Å². The molecule has 3 aromatic rings. The van der Waals surface area contributed by atoms with Crippen molar-refractivity contribution in [2.75, 3.05) is 5.73 Å². The number of imidazole rings is 1. The van der Waals surface area contributed by atoms with Crippen molar-refractivity contribution in [2.24, 2.45) is 0 Å². The largest absolute Gasteiger partial charge is 0.399 e. The fourth-order valence-corrected chi connectivity index (χ4v) is 2.69. The number of fused-ring (bicyclic) bond motifs is 1. The van der Waals surface area contributed by atoms with Gasteiger partial charge in [-0.1, -0.05) is 32.9 Å². The molecular weight excluding hydrogens is 258 g/mol. The Morgan fingerprint density at radius 2 is 1.95 bits per heavy atom. The number of anilines is 1. The summed E-state index contributed by atoms with van der Waals surface area (Å²) in [6.07, 6.45) is 1.03. The molecule has 0 radical (unpaired) electrons. The molecule has 0 aliphatic carbocycles. The highest BCUT2D eigenvalue weighted by Gasteiger charge is 2.15. The standard InChI is InChI=1S/C18H21N3/c1-4-13-6-5-7-15(10-13)21-17-9-8-14(19)11-16(17)20-18(21)12(2)3/h5-12H,4,19H2,1-3H3. The summed E-state index contributed by atoms with van der Waals surface area (Å²) in [6, 6.07) is 14.6. The Morgan fingerprint density at radius 1 is 1.14 bits per heavy atom. The third kappa shape index (κ3) is 2.40. The molecule has 108 valence electrons. The van der Waals surface area contributed by atoms with Crippen LogP contribution in [0, 0.1) is 0 Å². The highest BCUT2D eigenvalue weighted by atomic mass is 15.1. The number of hydrogen-bond acceptors (Lipinski definition) is 2. The topological polar surface area (TPSA) is 43.8 Å². The molecule has 0 atom stereocenters. The Labute approximate surface area is 125 Å². The number of benzene rings is 2. The van der Waals surface area contributed by atoms with Crippen LogP contribution < -0.4 is 5.73 Å². The van der Waals surface area contributed by atoms with E-state index in [1.54, 1.807) is 0 Å². The molecule has 2 aromatic carbocycles. The van der Waals surface area contributed by atoms with Gasteiger partial charge in [-0.15, -0.1) is 0 Å². The van der Waals surface area contributed by atoms with Crippen molar-refractivity contribution in [3.05, 3.63) is 53.9 Å². The lowest BCUT2D eigenvalue weighted by molar-refractivity contribution is 0.759. The predicted octanol–water partition coefficient (Wildman–Crippen LogP) is 4.29. The van der Waals surface area contributed by atoms with Crippen LogP contribution in [0.1, 0.15) is 38.1 Å². The fourth-order valence-electron chi connectivity index (χ4n) is 2.69. The number of aryl methyl sites for hydroxylation is 1. The summed E-state index contributed by atoms with van der Waals surface area (Å²) in [5.74, 6) is 1.42. The molecule has 0 aliphatic rings. The van der Waals surface area contributed by atoms with Crippen molar-refractivity contribution in [3.8, 4) is 5.69 Å². The van der Waals surface area contributed by atoms with E-state index in [0.717, 1.165) is 29.0 Å². The molecule has 0 amide bonds. The molecule has 0 saturated heterocycles. The first kappa shape index (κ1) is 13.7. The minimum Gasteiger partial charge on any atom is -0.399 e. The number of hydrogen-bond donors (Lipinski definition) is 1. The Hall–Kier alpha value is -2.29. The van der Waals surface area contributed by atoms with Gasteiger partial charge in [-0.3, -0.25) is 4.57 Å². The number of nitrogen functional groups attached to an aromatic ring is 1. The van der Waals surface area contributed by atoms with Gasteiger partial charge in [-0.05, 0) is 42.3 Å². The van der Waals surface area contributed by atoms with Gasteiger partial charge in [-0.25, -0.2) is 4.98 Å². The summed E-state index contributed by atoms with van der Waals surface area (Å²) in [5, 5.41) is 0. The van der Waals surface area contributed by atoms with Gasteiger partial charge in [0.2, 0.25) is 0 Å². The van der Waals surface area contributed by atoms with Gasteiger partial charge < -0.3 is 5.73 Å². The number of nitrogens with two attached hydrogens (primary N) is 1. The van der Waals surface area contributed by atoms with Gasteiger partial charge in [0.1, 0.15) is 5.82 Å². The quantitative estimate of drug-likeness (QED) is 0.727. The van der Waals surface area contributed by atoms with E-state index < -0.39 is 0 Å². The van der Waals surface area contributed by atoms with E-state index in [0.29, 0.717) is 5.92 Å². The van der Waals surface area contributed by atoms with Crippen LogP contribution in [0.4, 0.5) is 5.69 Å². The molecule has 1 heterocycles. The summed E-state index contributed by atoms with van der Waals surface area (Å²) in [4.78, 5) is 4.79. The molecule has 0 unspecified atom stereocenters. The molecule has 21 heavy (non-hydrogen) atoms. The van der Waals surface area contributed by atoms with Gasteiger partial charge in [0.25, 0.3) is 0 Å². The summed E-state index contributed by atoms with van der Waals surface area (Å²) in [7, 11) is 0. The van der Waals surface area contributed by atoms with E-state index in [4.69, 9.17) is 10.7 Å². The van der Waals surface area contributed by atoms with E-state index in [9.17, 15) is 0 Å². The van der Waals surface area contributed by atoms with E-state index in [1.807, 2.05) is 12.1 Å². The molecule has 0 spiro atoms. The molecule has 0 saturated carbocycles. The van der Waals surface area contributed by atoms with Crippen LogP contribution in [-0.2, 0) is 6.42 Å². The maximum Gasteiger partial charge on any atom is 0.117 e. The lowest BCUT2D eigenvalue weighted by Crippen LogP contribution is -2.03. The minimum atomic E-state index is 0.351. The second kappa shape index (κ2) is 5.24. The molecule has 0 fully saturated rings. The van der Waals surface area contributed by atoms with E-state index in [2.05, 4.69) is 55.7 Å². The Balaban J connectivity index is 2.30. The second-order valence-electron chi connectivity index (χ2n) is 5.73. The summed E-state index contributed by atoms with van der Waals surface area (Å²) < 4.78 is 2.25. The lowest BCUT2D eigenvalue weighted by atomic mass is 10.1. The Kier molecular flexibility index (Phi) is 3.42. The molecule has 0 aliphatic heterocycles. The summed E-state index contributed by atoms with van der Waals surface area (Å²) in [5.41, 5.74) is 11.2. The summed E-state index contributed by atoms with van der Waals surface area (Å²) in [6.45, 7) is 6.52. The van der Waals surface area contributed by atoms with Crippen LogP contribution in [0.25, 0.3) is 16.7 Å². The SMILES string of the molecule is CCc1cccc(-n2c(C(C)C)nc3cc(N)ccc32)c1. The van der Waals surface area contributed by atoms with Crippen molar-refractivity contribution < 1.29 is 0 Å². The van der Waals surface area contributed by atoms with E-state index in [-0.39, 0.29) is 0 Å². The van der Waals surface area contributed by atoms with Crippen LogP contribution >= 0.6 is 0 Å². The number of rotatable bonds is 3. The van der Waals surface area contributed by atoms with Crippen molar-refractivity contribution in [1.29, 1.82) is 0 Å². The third-order valence-electron chi connectivity index (χ3n) is 3.80. The first-order chi connectivity index (χ1) is 10.1. The first-order valence-corrected chi connectivity index (χ1v) is 7.47. The molecule has 1 aromatic heterocycles. The fraction of sp³-hybridized carbons (Fsp3) is 0.278. The Bertz CT molecular complexity index is 784. The summed E-state index contributed by atoms with van der Waals surface area (Å²) >= 11 is 0.